The van der Waals surface area contributed by atoms with Crippen molar-refractivity contribution in [1.82, 2.24) is 10.6 Å². The molecular weight excluding hydrogens is 570 g/mol. The first-order valence-electron chi connectivity index (χ1n) is 16.1. The third-order valence-electron chi connectivity index (χ3n) is 7.99. The Morgan fingerprint density at radius 1 is 1.00 bits per heavy atom. The average molecular weight is 622 g/mol. The van der Waals surface area contributed by atoms with Crippen molar-refractivity contribution < 1.29 is 18.7 Å². The van der Waals surface area contributed by atoms with Crippen molar-refractivity contribution >= 4 is 45.7 Å². The van der Waals surface area contributed by atoms with Crippen LogP contribution in [0.15, 0.2) is 57.8 Å². The van der Waals surface area contributed by atoms with Crippen LogP contribution in [-0.2, 0) is 9.53 Å². The van der Waals surface area contributed by atoms with Crippen LogP contribution in [0.3, 0.4) is 0 Å². The van der Waals surface area contributed by atoms with Gasteiger partial charge in [-0.15, -0.1) is 11.3 Å². The van der Waals surface area contributed by atoms with Crippen LogP contribution in [0.25, 0.3) is 16.7 Å². The molecule has 7 nitrogen and oxygen atoms in total. The molecule has 2 saturated carbocycles. The van der Waals surface area contributed by atoms with E-state index < -0.39 is 5.54 Å². The van der Waals surface area contributed by atoms with Gasteiger partial charge in [0.25, 0.3) is 5.91 Å². The summed E-state index contributed by atoms with van der Waals surface area (Å²) < 4.78 is 11.4. The maximum absolute atomic E-state index is 13.5. The molecule has 5 rings (SSSR count). The topological polar surface area (TPSA) is 92.9 Å². The number of rotatable bonds is 8. The molecule has 0 saturated heterocycles. The van der Waals surface area contributed by atoms with Crippen LogP contribution in [0.1, 0.15) is 120 Å². The minimum absolute atomic E-state index is 0.0657. The highest BCUT2D eigenvalue weighted by atomic mass is 32.1. The van der Waals surface area contributed by atoms with E-state index in [-0.39, 0.29) is 23.1 Å². The zero-order chi connectivity index (χ0) is 32.3. The van der Waals surface area contributed by atoms with Gasteiger partial charge in [0.15, 0.2) is 5.76 Å². The summed E-state index contributed by atoms with van der Waals surface area (Å²) in [6, 6.07) is 11.2. The van der Waals surface area contributed by atoms with Gasteiger partial charge in [-0.3, -0.25) is 9.59 Å². The number of benzene rings is 1. The van der Waals surface area contributed by atoms with Gasteiger partial charge in [-0.05, 0) is 55.2 Å². The normalized spacial score (nSPS) is 16.6. The van der Waals surface area contributed by atoms with Crippen LogP contribution in [0.5, 0.6) is 0 Å². The minimum atomic E-state index is -0.911. The third kappa shape index (κ3) is 8.62. The lowest BCUT2D eigenvalue weighted by molar-refractivity contribution is -0.130. The van der Waals surface area contributed by atoms with Gasteiger partial charge in [0.2, 0.25) is 11.8 Å². The molecule has 0 spiro atoms. The average Bonchev–Trinajstić information content (AvgIpc) is 3.39. The number of aliphatic imine (C=N–C) groups is 1. The fourth-order valence-corrected chi connectivity index (χ4v) is 5.97. The summed E-state index contributed by atoms with van der Waals surface area (Å²) in [6.07, 6.45) is 8.62. The summed E-state index contributed by atoms with van der Waals surface area (Å²) in [5.74, 6) is 0.599. The Morgan fingerprint density at radius 2 is 1.66 bits per heavy atom. The largest absolute Gasteiger partial charge is 0.480 e. The van der Waals surface area contributed by atoms with Gasteiger partial charge in [-0.1, -0.05) is 98.4 Å². The molecule has 2 amide bonds. The quantitative estimate of drug-likeness (QED) is 0.194. The molecule has 8 heteroatoms. The lowest BCUT2D eigenvalue weighted by Crippen LogP contribution is -2.62. The lowest BCUT2D eigenvalue weighted by Gasteiger charge is -2.38. The molecule has 0 radical (unpaired) electrons. The second kappa shape index (κ2) is 16.1. The van der Waals surface area contributed by atoms with Crippen LogP contribution in [0, 0.1) is 5.92 Å². The van der Waals surface area contributed by atoms with Crippen molar-refractivity contribution in [2.75, 3.05) is 7.11 Å². The minimum Gasteiger partial charge on any atom is -0.480 e. The first kappa shape index (κ1) is 35.1. The summed E-state index contributed by atoms with van der Waals surface area (Å²) >= 11 is 1.54. The molecule has 1 aromatic carbocycles. The number of nitrogens with zero attached hydrogens (tertiary/aromatic N) is 1. The molecule has 2 fully saturated rings. The molecular formula is C36H51N3O4S. The van der Waals surface area contributed by atoms with Crippen molar-refractivity contribution in [1.29, 1.82) is 0 Å². The highest BCUT2D eigenvalue weighted by Crippen LogP contribution is 2.43. The van der Waals surface area contributed by atoms with E-state index >= 15 is 0 Å². The molecule has 0 unspecified atom stereocenters. The summed E-state index contributed by atoms with van der Waals surface area (Å²) in [4.78, 5) is 32.4. The van der Waals surface area contributed by atoms with E-state index in [1.54, 1.807) is 13.2 Å². The summed E-state index contributed by atoms with van der Waals surface area (Å²) in [6.45, 7) is 16.9. The van der Waals surface area contributed by atoms with Crippen molar-refractivity contribution in [3.8, 4) is 0 Å². The van der Waals surface area contributed by atoms with E-state index in [0.29, 0.717) is 35.9 Å². The van der Waals surface area contributed by atoms with Gasteiger partial charge >= 0.3 is 0 Å². The lowest BCUT2D eigenvalue weighted by atomic mass is 9.80. The second-order valence-corrected chi connectivity index (χ2v) is 13.1. The number of fused-ring (bicyclic) bond motifs is 1. The number of furan rings is 1. The maximum Gasteiger partial charge on any atom is 0.287 e. The molecule has 3 aromatic rings. The molecule has 0 aliphatic heterocycles. The number of nitrogens with one attached hydrogen (secondary N) is 2. The van der Waals surface area contributed by atoms with Crippen molar-refractivity contribution in [3.05, 3.63) is 64.6 Å². The zero-order valence-corrected chi connectivity index (χ0v) is 28.5. The Balaban J connectivity index is 0.000000816. The predicted molar refractivity (Wildman–Crippen MR) is 183 cm³/mol. The SMILES string of the molecule is C=C(N=C(OC)c1cccs1)c1ccc2cc(C(=O)NC3(C(=O)NC4(C(C)C)CC4)CCCCC3)oc2c1.CCC.CCC. The molecule has 0 atom stereocenters. The molecule has 2 N–H and O–H groups in total. The standard InChI is InChI=1S/C30H35N3O4S.2C3H8/c1-19(2)29(14-15-29)33-28(35)30(12-6-5-7-13-30)32-26(34)24-18-22-11-10-21(17-23(22)37-24)20(3)31-27(36-4)25-9-8-16-38-25;2*1-3-2/h8-11,16-19H,3,5-7,12-15H2,1-2,4H3,(H,32,34)(H,33,35);2*3H2,1-2H3. The zero-order valence-electron chi connectivity index (χ0n) is 27.7. The van der Waals surface area contributed by atoms with Crippen LogP contribution in [0.2, 0.25) is 0 Å². The number of ether oxygens (including phenoxy) is 1. The molecule has 0 bridgehead atoms. The number of hydrogen-bond acceptors (Lipinski definition) is 6. The van der Waals surface area contributed by atoms with Crippen LogP contribution >= 0.6 is 11.3 Å². The first-order chi connectivity index (χ1) is 21.1. The molecule has 240 valence electrons. The van der Waals surface area contributed by atoms with Gasteiger partial charge in [-0.25, -0.2) is 4.99 Å². The highest BCUT2D eigenvalue weighted by molar-refractivity contribution is 7.12. The molecule has 2 aliphatic carbocycles. The number of carbonyl (C=O) groups excluding carboxylic acids is 2. The Morgan fingerprint density at radius 3 is 2.20 bits per heavy atom. The summed E-state index contributed by atoms with van der Waals surface area (Å²) in [5.41, 5.74) is 0.788. The number of thiophene rings is 1. The number of carbonyl (C=O) groups is 2. The van der Waals surface area contributed by atoms with E-state index in [1.807, 2.05) is 35.7 Å². The van der Waals surface area contributed by atoms with Crippen LogP contribution < -0.4 is 10.6 Å². The predicted octanol–water partition coefficient (Wildman–Crippen LogP) is 9.13. The van der Waals surface area contributed by atoms with E-state index in [4.69, 9.17) is 9.15 Å². The second-order valence-electron chi connectivity index (χ2n) is 12.2. The summed E-state index contributed by atoms with van der Waals surface area (Å²) in [7, 11) is 1.58. The van der Waals surface area contributed by atoms with E-state index in [0.717, 1.165) is 47.9 Å². The number of hydrogen-bond donors (Lipinski definition) is 2. The first-order valence-corrected chi connectivity index (χ1v) is 17.0. The van der Waals surface area contributed by atoms with Crippen molar-refractivity contribution in [2.45, 2.75) is 110 Å². The number of amides is 2. The fourth-order valence-electron chi connectivity index (χ4n) is 5.28. The Bertz CT molecular complexity index is 1410. The van der Waals surface area contributed by atoms with E-state index in [2.05, 4.69) is 63.7 Å². The Hall–Kier alpha value is -3.39. The van der Waals surface area contributed by atoms with Crippen LogP contribution in [-0.4, -0.2) is 35.9 Å². The van der Waals surface area contributed by atoms with Gasteiger partial charge in [-0.2, -0.15) is 0 Å². The molecule has 2 heterocycles. The van der Waals surface area contributed by atoms with Gasteiger partial charge in [0.05, 0.1) is 17.7 Å². The Kier molecular flexibility index (Phi) is 12.8. The maximum atomic E-state index is 13.5. The van der Waals surface area contributed by atoms with E-state index in [1.165, 1.54) is 24.2 Å². The van der Waals surface area contributed by atoms with E-state index in [9.17, 15) is 9.59 Å². The van der Waals surface area contributed by atoms with Gasteiger partial charge in [0, 0.05) is 16.5 Å². The third-order valence-corrected chi connectivity index (χ3v) is 8.85. The van der Waals surface area contributed by atoms with Gasteiger partial charge < -0.3 is 19.8 Å². The Labute approximate surface area is 267 Å². The smallest absolute Gasteiger partial charge is 0.287 e. The van der Waals surface area contributed by atoms with Crippen molar-refractivity contribution in [3.63, 3.8) is 0 Å². The van der Waals surface area contributed by atoms with Crippen LogP contribution in [0.4, 0.5) is 0 Å². The van der Waals surface area contributed by atoms with Crippen molar-refractivity contribution in [2.24, 2.45) is 10.9 Å². The number of methoxy groups -OCH3 is 1. The van der Waals surface area contributed by atoms with Gasteiger partial charge in [0.1, 0.15) is 11.1 Å². The molecule has 44 heavy (non-hydrogen) atoms. The molecule has 2 aliphatic rings. The monoisotopic (exact) mass is 621 g/mol. The fraction of sp³-hybridized carbons (Fsp3) is 0.528. The molecule has 2 aromatic heterocycles. The highest BCUT2D eigenvalue weighted by Gasteiger charge is 2.51. The summed E-state index contributed by atoms with van der Waals surface area (Å²) in [5, 5.41) is 9.13.